The van der Waals surface area contributed by atoms with Gasteiger partial charge in [0.2, 0.25) is 10.0 Å². The Morgan fingerprint density at radius 2 is 1.76 bits per heavy atom. The molecule has 0 heterocycles. The van der Waals surface area contributed by atoms with Crippen molar-refractivity contribution in [2.45, 2.75) is 24.8 Å². The van der Waals surface area contributed by atoms with Crippen molar-refractivity contribution in [3.05, 3.63) is 58.6 Å². The van der Waals surface area contributed by atoms with E-state index in [0.717, 1.165) is 16.8 Å². The predicted molar refractivity (Wildman–Crippen MR) is 86.0 cm³/mol. The molecule has 0 saturated carbocycles. The van der Waals surface area contributed by atoms with Crippen molar-refractivity contribution in [3.8, 4) is 0 Å². The molecule has 2 rings (SSSR count). The van der Waals surface area contributed by atoms with E-state index >= 15 is 0 Å². The number of hydrogen-bond acceptors (Lipinski definition) is 3. The first-order valence-corrected chi connectivity index (χ1v) is 8.36. The van der Waals surface area contributed by atoms with Crippen LogP contribution in [0.2, 0.25) is 5.02 Å². The van der Waals surface area contributed by atoms with Crippen LogP contribution in [-0.4, -0.2) is 8.42 Å². The average molecular weight is 325 g/mol. The number of nitrogens with two attached hydrogens (primary N) is 1. The molecule has 0 saturated heterocycles. The van der Waals surface area contributed by atoms with Crippen molar-refractivity contribution in [1.29, 1.82) is 0 Å². The number of primary sulfonamides is 1. The van der Waals surface area contributed by atoms with E-state index in [1.165, 1.54) is 12.1 Å². The molecule has 0 aromatic heterocycles. The summed E-state index contributed by atoms with van der Waals surface area (Å²) in [6.07, 6.45) is 0. The van der Waals surface area contributed by atoms with Crippen molar-refractivity contribution in [2.75, 3.05) is 5.32 Å². The second kappa shape index (κ2) is 6.05. The van der Waals surface area contributed by atoms with Crippen LogP contribution in [0.5, 0.6) is 0 Å². The zero-order valence-corrected chi connectivity index (χ0v) is 13.4. The van der Waals surface area contributed by atoms with Gasteiger partial charge in [0, 0.05) is 16.8 Å². The fourth-order valence-electron chi connectivity index (χ4n) is 2.03. The van der Waals surface area contributed by atoms with Gasteiger partial charge in [-0.2, -0.15) is 0 Å². The summed E-state index contributed by atoms with van der Waals surface area (Å²) in [6.45, 7) is 3.94. The zero-order valence-electron chi connectivity index (χ0n) is 11.8. The minimum Gasteiger partial charge on any atom is -0.378 e. The quantitative estimate of drug-likeness (QED) is 0.904. The standard InChI is InChI=1S/C15H17ClN2O2S/c1-10-14(16)4-3-5-15(10)18-11(2)12-6-8-13(9-7-12)21(17,19)20/h3-9,11,18H,1-2H3,(H2,17,19,20). The minimum absolute atomic E-state index is 0.0108. The van der Waals surface area contributed by atoms with Crippen molar-refractivity contribution in [2.24, 2.45) is 5.14 Å². The van der Waals surface area contributed by atoms with Crippen LogP contribution >= 0.6 is 11.6 Å². The van der Waals surface area contributed by atoms with Crippen molar-refractivity contribution >= 4 is 27.3 Å². The van der Waals surface area contributed by atoms with E-state index in [1.807, 2.05) is 32.0 Å². The topological polar surface area (TPSA) is 72.2 Å². The van der Waals surface area contributed by atoms with E-state index in [4.69, 9.17) is 16.7 Å². The van der Waals surface area contributed by atoms with Crippen LogP contribution in [0.15, 0.2) is 47.4 Å². The Hall–Kier alpha value is -1.56. The lowest BCUT2D eigenvalue weighted by molar-refractivity contribution is 0.597. The molecule has 0 amide bonds. The zero-order chi connectivity index (χ0) is 15.6. The third-order valence-corrected chi connectivity index (χ3v) is 4.69. The molecular weight excluding hydrogens is 308 g/mol. The van der Waals surface area contributed by atoms with Crippen LogP contribution in [0.4, 0.5) is 5.69 Å². The van der Waals surface area contributed by atoms with Gasteiger partial charge in [-0.05, 0) is 49.2 Å². The summed E-state index contributed by atoms with van der Waals surface area (Å²) in [6, 6.07) is 12.2. The summed E-state index contributed by atoms with van der Waals surface area (Å²) in [5, 5.41) is 9.15. The Kier molecular flexibility index (Phi) is 4.56. The molecule has 1 atom stereocenters. The highest BCUT2D eigenvalue weighted by Gasteiger charge is 2.11. The van der Waals surface area contributed by atoms with E-state index < -0.39 is 10.0 Å². The van der Waals surface area contributed by atoms with Gasteiger partial charge in [0.25, 0.3) is 0 Å². The molecule has 2 aromatic rings. The van der Waals surface area contributed by atoms with Crippen LogP contribution in [0.1, 0.15) is 24.1 Å². The summed E-state index contributed by atoms with van der Waals surface area (Å²) in [5.41, 5.74) is 2.89. The van der Waals surface area contributed by atoms with Crippen LogP contribution in [0, 0.1) is 6.92 Å². The normalized spacial score (nSPS) is 13.0. The summed E-state index contributed by atoms with van der Waals surface area (Å²) in [5.74, 6) is 0. The maximum absolute atomic E-state index is 11.2. The fourth-order valence-corrected chi connectivity index (χ4v) is 2.72. The monoisotopic (exact) mass is 324 g/mol. The van der Waals surface area contributed by atoms with Gasteiger partial charge in [-0.15, -0.1) is 0 Å². The molecule has 0 bridgehead atoms. The summed E-state index contributed by atoms with van der Waals surface area (Å²) >= 11 is 6.09. The SMILES string of the molecule is Cc1c(Cl)cccc1NC(C)c1ccc(S(N)(=O)=O)cc1. The largest absolute Gasteiger partial charge is 0.378 e. The molecule has 0 aliphatic rings. The minimum atomic E-state index is -3.65. The van der Waals surface area contributed by atoms with Gasteiger partial charge >= 0.3 is 0 Å². The number of hydrogen-bond donors (Lipinski definition) is 2. The van der Waals surface area contributed by atoms with Gasteiger partial charge in [-0.3, -0.25) is 0 Å². The van der Waals surface area contributed by atoms with Crippen LogP contribution < -0.4 is 10.5 Å². The smallest absolute Gasteiger partial charge is 0.238 e. The molecule has 2 aromatic carbocycles. The number of benzene rings is 2. The first kappa shape index (κ1) is 15.8. The highest BCUT2D eigenvalue weighted by Crippen LogP contribution is 2.27. The lowest BCUT2D eigenvalue weighted by atomic mass is 10.1. The van der Waals surface area contributed by atoms with E-state index in [0.29, 0.717) is 5.02 Å². The van der Waals surface area contributed by atoms with Gasteiger partial charge in [0.05, 0.1) is 4.90 Å². The molecule has 0 spiro atoms. The Labute approximate surface area is 130 Å². The lowest BCUT2D eigenvalue weighted by Crippen LogP contribution is -2.13. The molecule has 6 heteroatoms. The number of sulfonamides is 1. The van der Waals surface area contributed by atoms with Gasteiger partial charge in [0.15, 0.2) is 0 Å². The Morgan fingerprint density at radius 3 is 2.33 bits per heavy atom. The lowest BCUT2D eigenvalue weighted by Gasteiger charge is -2.18. The highest BCUT2D eigenvalue weighted by atomic mass is 35.5. The summed E-state index contributed by atoms with van der Waals surface area (Å²) < 4.78 is 22.5. The maximum atomic E-state index is 11.2. The second-order valence-electron chi connectivity index (χ2n) is 4.89. The average Bonchev–Trinajstić information content (AvgIpc) is 2.43. The Balaban J connectivity index is 2.21. The Bertz CT molecular complexity index is 743. The third-order valence-electron chi connectivity index (χ3n) is 3.35. The van der Waals surface area contributed by atoms with Gasteiger partial charge in [0.1, 0.15) is 0 Å². The molecule has 21 heavy (non-hydrogen) atoms. The van der Waals surface area contributed by atoms with Crippen LogP contribution in [0.3, 0.4) is 0 Å². The van der Waals surface area contributed by atoms with E-state index in [1.54, 1.807) is 12.1 Å². The van der Waals surface area contributed by atoms with Crippen LogP contribution in [0.25, 0.3) is 0 Å². The molecule has 0 radical (unpaired) electrons. The summed E-state index contributed by atoms with van der Waals surface area (Å²) in [4.78, 5) is 0.109. The Morgan fingerprint density at radius 1 is 1.14 bits per heavy atom. The first-order valence-electron chi connectivity index (χ1n) is 6.43. The molecular formula is C15H17ClN2O2S. The van der Waals surface area contributed by atoms with E-state index in [9.17, 15) is 8.42 Å². The van der Waals surface area contributed by atoms with Gasteiger partial charge < -0.3 is 5.32 Å². The molecule has 1 unspecified atom stereocenters. The van der Waals surface area contributed by atoms with Gasteiger partial charge in [-0.25, -0.2) is 13.6 Å². The fraction of sp³-hybridized carbons (Fsp3) is 0.200. The van der Waals surface area contributed by atoms with Crippen molar-refractivity contribution in [1.82, 2.24) is 0 Å². The molecule has 0 fully saturated rings. The maximum Gasteiger partial charge on any atom is 0.238 e. The third kappa shape index (κ3) is 3.75. The molecule has 0 aliphatic carbocycles. The highest BCUT2D eigenvalue weighted by molar-refractivity contribution is 7.89. The number of halogens is 1. The van der Waals surface area contributed by atoms with E-state index in [2.05, 4.69) is 5.32 Å². The second-order valence-corrected chi connectivity index (χ2v) is 6.86. The number of anilines is 1. The molecule has 0 aliphatic heterocycles. The predicted octanol–water partition coefficient (Wildman–Crippen LogP) is 3.47. The molecule has 112 valence electrons. The van der Waals surface area contributed by atoms with Crippen LogP contribution in [-0.2, 0) is 10.0 Å². The molecule has 4 nitrogen and oxygen atoms in total. The molecule has 3 N–H and O–H groups in total. The van der Waals surface area contributed by atoms with Crippen molar-refractivity contribution in [3.63, 3.8) is 0 Å². The summed E-state index contributed by atoms with van der Waals surface area (Å²) in [7, 11) is -3.65. The first-order chi connectivity index (χ1) is 9.79. The number of nitrogens with one attached hydrogen (secondary N) is 1. The number of rotatable bonds is 4. The van der Waals surface area contributed by atoms with Crippen molar-refractivity contribution < 1.29 is 8.42 Å². The van der Waals surface area contributed by atoms with E-state index in [-0.39, 0.29) is 10.9 Å². The van der Waals surface area contributed by atoms with Gasteiger partial charge in [-0.1, -0.05) is 29.8 Å².